The van der Waals surface area contributed by atoms with Gasteiger partial charge in [0.2, 0.25) is 0 Å². The topological polar surface area (TPSA) is 36.4 Å². The van der Waals surface area contributed by atoms with Gasteiger partial charge in [-0.2, -0.15) is 0 Å². The molecule has 4 nitrogen and oxygen atoms in total. The Labute approximate surface area is 94.4 Å². The second-order valence-electron chi connectivity index (χ2n) is 3.50. The molecule has 0 spiro atoms. The minimum atomic E-state index is -0.0957. The van der Waals surface area contributed by atoms with E-state index < -0.39 is 0 Å². The zero-order valence-corrected chi connectivity index (χ0v) is 10.0. The van der Waals surface area contributed by atoms with Crippen LogP contribution in [0.15, 0.2) is 12.3 Å². The summed E-state index contributed by atoms with van der Waals surface area (Å²) in [5, 5.41) is 3.62. The molecule has 0 fully saturated rings. The van der Waals surface area contributed by atoms with Crippen LogP contribution in [-0.2, 0) is 0 Å². The molecule has 0 unspecified atom stereocenters. The van der Waals surface area contributed by atoms with Gasteiger partial charge in [0.15, 0.2) is 0 Å². The number of hydrogen-bond acceptors (Lipinski definition) is 3. The smallest absolute Gasteiger partial charge is 0.269 e. The maximum Gasteiger partial charge on any atom is 0.269 e. The molecular formula is C10H14ClN3O. The molecule has 82 valence electrons. The predicted molar refractivity (Wildman–Crippen MR) is 59.8 cm³/mol. The van der Waals surface area contributed by atoms with Crippen LogP contribution in [0.5, 0.6) is 0 Å². The number of pyridine rings is 1. The molecule has 0 saturated carbocycles. The SMILES string of the molecule is Cc1cc(Cl)ncc1C(=O)N(C)N(C)C. The molecule has 1 amide bonds. The van der Waals surface area contributed by atoms with E-state index in [4.69, 9.17) is 11.6 Å². The fourth-order valence-electron chi connectivity index (χ4n) is 1.10. The van der Waals surface area contributed by atoms with Crippen LogP contribution in [0.1, 0.15) is 15.9 Å². The van der Waals surface area contributed by atoms with Crippen molar-refractivity contribution in [1.82, 2.24) is 15.0 Å². The third-order valence-electron chi connectivity index (χ3n) is 2.20. The van der Waals surface area contributed by atoms with Crippen LogP contribution in [0.3, 0.4) is 0 Å². The lowest BCUT2D eigenvalue weighted by molar-refractivity contribution is 0.0340. The van der Waals surface area contributed by atoms with E-state index in [-0.39, 0.29) is 5.91 Å². The first kappa shape index (κ1) is 11.9. The lowest BCUT2D eigenvalue weighted by atomic mass is 10.1. The summed E-state index contributed by atoms with van der Waals surface area (Å²) in [4.78, 5) is 15.8. The number of halogens is 1. The summed E-state index contributed by atoms with van der Waals surface area (Å²) in [7, 11) is 5.31. The molecule has 5 heteroatoms. The number of carbonyl (C=O) groups excluding carboxylic acids is 1. The predicted octanol–water partition coefficient (Wildman–Crippen LogP) is 1.59. The van der Waals surface area contributed by atoms with E-state index in [9.17, 15) is 4.79 Å². The van der Waals surface area contributed by atoms with Crippen molar-refractivity contribution in [3.05, 3.63) is 28.5 Å². The lowest BCUT2D eigenvalue weighted by Gasteiger charge is -2.24. The zero-order valence-electron chi connectivity index (χ0n) is 9.28. The summed E-state index contributed by atoms with van der Waals surface area (Å²) in [6.45, 7) is 1.84. The number of aryl methyl sites for hydroxylation is 1. The fourth-order valence-corrected chi connectivity index (χ4v) is 1.31. The molecule has 1 rings (SSSR count). The van der Waals surface area contributed by atoms with E-state index in [1.807, 2.05) is 6.92 Å². The monoisotopic (exact) mass is 227 g/mol. The molecule has 0 aliphatic rings. The standard InChI is InChI=1S/C10H14ClN3O/c1-7-5-9(11)12-6-8(7)10(15)14(4)13(2)3/h5-6H,1-4H3. The number of carbonyl (C=O) groups is 1. The number of rotatable bonds is 2. The van der Waals surface area contributed by atoms with Gasteiger partial charge in [0, 0.05) is 27.3 Å². The average Bonchev–Trinajstić information content (AvgIpc) is 2.15. The first-order chi connectivity index (χ1) is 6.93. The van der Waals surface area contributed by atoms with Crippen molar-refractivity contribution in [1.29, 1.82) is 0 Å². The average molecular weight is 228 g/mol. The minimum Gasteiger partial charge on any atom is -0.275 e. The molecule has 0 aromatic carbocycles. The molecular weight excluding hydrogens is 214 g/mol. The van der Waals surface area contributed by atoms with Gasteiger partial charge in [-0.1, -0.05) is 11.6 Å². The molecule has 0 aliphatic carbocycles. The summed E-state index contributed by atoms with van der Waals surface area (Å²) in [6.07, 6.45) is 1.50. The van der Waals surface area contributed by atoms with E-state index in [1.54, 1.807) is 32.2 Å². The highest BCUT2D eigenvalue weighted by atomic mass is 35.5. The summed E-state index contributed by atoms with van der Waals surface area (Å²) >= 11 is 5.72. The number of hydrogen-bond donors (Lipinski definition) is 0. The van der Waals surface area contributed by atoms with Gasteiger partial charge in [-0.3, -0.25) is 9.80 Å². The number of nitrogens with zero attached hydrogens (tertiary/aromatic N) is 3. The first-order valence-corrected chi connectivity index (χ1v) is 4.88. The number of aromatic nitrogens is 1. The van der Waals surface area contributed by atoms with Crippen LogP contribution >= 0.6 is 11.6 Å². The van der Waals surface area contributed by atoms with Gasteiger partial charge < -0.3 is 0 Å². The molecule has 1 aromatic heterocycles. The Morgan fingerprint density at radius 2 is 2.00 bits per heavy atom. The Hall–Kier alpha value is -1.13. The summed E-state index contributed by atoms with van der Waals surface area (Å²) in [6, 6.07) is 1.68. The minimum absolute atomic E-state index is 0.0957. The van der Waals surface area contributed by atoms with Gasteiger partial charge in [0.1, 0.15) is 5.15 Å². The second kappa shape index (κ2) is 4.59. The molecule has 0 aliphatic heterocycles. The Bertz CT molecular complexity index is 379. The van der Waals surface area contributed by atoms with Crippen molar-refractivity contribution < 1.29 is 4.79 Å². The van der Waals surface area contributed by atoms with Gasteiger partial charge in [0.05, 0.1) is 5.56 Å². The van der Waals surface area contributed by atoms with Crippen molar-refractivity contribution in [3.63, 3.8) is 0 Å². The number of amides is 1. The van der Waals surface area contributed by atoms with Gasteiger partial charge >= 0.3 is 0 Å². The van der Waals surface area contributed by atoms with Crippen LogP contribution in [0.4, 0.5) is 0 Å². The van der Waals surface area contributed by atoms with E-state index >= 15 is 0 Å². The molecule has 0 radical (unpaired) electrons. The van der Waals surface area contributed by atoms with E-state index in [1.165, 1.54) is 11.2 Å². The Morgan fingerprint density at radius 3 is 2.47 bits per heavy atom. The summed E-state index contributed by atoms with van der Waals surface area (Å²) in [5.41, 5.74) is 1.39. The Morgan fingerprint density at radius 1 is 1.40 bits per heavy atom. The molecule has 15 heavy (non-hydrogen) atoms. The highest BCUT2D eigenvalue weighted by Gasteiger charge is 2.16. The highest BCUT2D eigenvalue weighted by molar-refractivity contribution is 6.29. The van der Waals surface area contributed by atoms with E-state index in [2.05, 4.69) is 4.98 Å². The second-order valence-corrected chi connectivity index (χ2v) is 3.89. The van der Waals surface area contributed by atoms with Crippen molar-refractivity contribution in [3.8, 4) is 0 Å². The quantitative estimate of drug-likeness (QED) is 0.569. The van der Waals surface area contributed by atoms with E-state index in [0.717, 1.165) is 5.56 Å². The van der Waals surface area contributed by atoms with Crippen LogP contribution in [-0.4, -0.2) is 42.1 Å². The van der Waals surface area contributed by atoms with Crippen molar-refractivity contribution >= 4 is 17.5 Å². The highest BCUT2D eigenvalue weighted by Crippen LogP contribution is 2.13. The molecule has 0 saturated heterocycles. The van der Waals surface area contributed by atoms with E-state index in [0.29, 0.717) is 10.7 Å². The molecule has 0 atom stereocenters. The van der Waals surface area contributed by atoms with Gasteiger partial charge in [-0.25, -0.2) is 9.99 Å². The molecule has 0 N–H and O–H groups in total. The largest absolute Gasteiger partial charge is 0.275 e. The molecule has 0 bridgehead atoms. The summed E-state index contributed by atoms with van der Waals surface area (Å²) < 4.78 is 0. The van der Waals surface area contributed by atoms with Crippen LogP contribution < -0.4 is 0 Å². The van der Waals surface area contributed by atoms with Crippen molar-refractivity contribution in [2.24, 2.45) is 0 Å². The van der Waals surface area contributed by atoms with Gasteiger partial charge in [0.25, 0.3) is 5.91 Å². The maximum absolute atomic E-state index is 11.9. The third-order valence-corrected chi connectivity index (χ3v) is 2.41. The van der Waals surface area contributed by atoms with Crippen LogP contribution in [0.2, 0.25) is 5.15 Å². The van der Waals surface area contributed by atoms with Crippen molar-refractivity contribution in [2.45, 2.75) is 6.92 Å². The van der Waals surface area contributed by atoms with Gasteiger partial charge in [-0.15, -0.1) is 0 Å². The Kier molecular flexibility index (Phi) is 3.66. The third kappa shape index (κ3) is 2.67. The zero-order chi connectivity index (χ0) is 11.6. The number of hydrazine groups is 1. The molecule has 1 aromatic rings. The lowest BCUT2D eigenvalue weighted by Crippen LogP contribution is -2.38. The van der Waals surface area contributed by atoms with Gasteiger partial charge in [-0.05, 0) is 18.6 Å². The van der Waals surface area contributed by atoms with Crippen LogP contribution in [0, 0.1) is 6.92 Å². The van der Waals surface area contributed by atoms with Crippen molar-refractivity contribution in [2.75, 3.05) is 21.1 Å². The normalized spacial score (nSPS) is 10.5. The maximum atomic E-state index is 11.9. The molecule has 1 heterocycles. The fraction of sp³-hybridized carbons (Fsp3) is 0.400. The Balaban J connectivity index is 3.01. The van der Waals surface area contributed by atoms with Crippen LogP contribution in [0.25, 0.3) is 0 Å². The summed E-state index contributed by atoms with van der Waals surface area (Å²) in [5.74, 6) is -0.0957. The first-order valence-electron chi connectivity index (χ1n) is 4.51.